The Hall–Kier alpha value is -0.0900. The lowest BCUT2D eigenvalue weighted by atomic mass is 10.1. The van der Waals surface area contributed by atoms with E-state index in [4.69, 9.17) is 0 Å². The van der Waals surface area contributed by atoms with Crippen LogP contribution < -0.4 is 0 Å². The number of halogens is 1. The summed E-state index contributed by atoms with van der Waals surface area (Å²) in [5, 5.41) is 9.43. The van der Waals surface area contributed by atoms with Gasteiger partial charge in [-0.3, -0.25) is 4.79 Å². The van der Waals surface area contributed by atoms with Crippen molar-refractivity contribution in [1.82, 2.24) is 0 Å². The summed E-state index contributed by atoms with van der Waals surface area (Å²) in [6, 6.07) is 0. The molecule has 0 saturated heterocycles. The van der Waals surface area contributed by atoms with Gasteiger partial charge in [0.2, 0.25) is 0 Å². The van der Waals surface area contributed by atoms with E-state index in [1.165, 1.54) is 25.7 Å². The van der Waals surface area contributed by atoms with Gasteiger partial charge in [0.1, 0.15) is 0 Å². The highest BCUT2D eigenvalue weighted by atomic mass is 79.9. The van der Waals surface area contributed by atoms with Crippen LogP contribution in [0.2, 0.25) is 0 Å². The Morgan fingerprint density at radius 2 is 1.87 bits per heavy atom. The van der Waals surface area contributed by atoms with Gasteiger partial charge < -0.3 is 8.93 Å². The summed E-state index contributed by atoms with van der Waals surface area (Å²) in [5.41, 5.74) is 0. The van der Waals surface area contributed by atoms with Gasteiger partial charge in [-0.25, -0.2) is 0 Å². The van der Waals surface area contributed by atoms with Crippen molar-refractivity contribution in [3.8, 4) is 0 Å². The Kier molecular flexibility index (Phi) is 10.4. The third-order valence-electron chi connectivity index (χ3n) is 2.38. The lowest BCUT2D eigenvalue weighted by Crippen LogP contribution is -2.13. The Labute approximate surface area is 101 Å². The third-order valence-corrected chi connectivity index (χ3v) is 2.74. The van der Waals surface area contributed by atoms with Crippen LogP contribution in [-0.2, 0) is 8.62 Å². The standard InChI is InChI=1S/C11H21BrO3/c1-2-3-4-5-6-7-8-10(13)9-11(14)15-12/h10,13H,2-9H2,1H3. The molecule has 0 aromatic heterocycles. The summed E-state index contributed by atoms with van der Waals surface area (Å²) in [5.74, 6) is -0.409. The van der Waals surface area contributed by atoms with Gasteiger partial charge in [-0.15, -0.1) is 0 Å². The van der Waals surface area contributed by atoms with Crippen LogP contribution >= 0.6 is 16.3 Å². The molecular weight excluding hydrogens is 260 g/mol. The Morgan fingerprint density at radius 1 is 1.27 bits per heavy atom. The molecular formula is C11H21BrO3. The third kappa shape index (κ3) is 10.2. The number of carbonyl (C=O) groups excluding carboxylic acids is 1. The van der Waals surface area contributed by atoms with Crippen molar-refractivity contribution >= 4 is 22.2 Å². The Bertz CT molecular complexity index is 162. The monoisotopic (exact) mass is 280 g/mol. The molecule has 0 aliphatic carbocycles. The zero-order valence-electron chi connectivity index (χ0n) is 9.38. The molecule has 1 N–H and O–H groups in total. The van der Waals surface area contributed by atoms with Crippen molar-refractivity contribution in [2.75, 3.05) is 0 Å². The molecule has 0 bridgehead atoms. The average Bonchev–Trinajstić information content (AvgIpc) is 2.23. The highest BCUT2D eigenvalue weighted by Gasteiger charge is 2.10. The lowest BCUT2D eigenvalue weighted by Gasteiger charge is -2.07. The molecule has 1 atom stereocenters. The van der Waals surface area contributed by atoms with Gasteiger partial charge in [0.25, 0.3) is 0 Å². The molecule has 0 saturated carbocycles. The molecule has 0 aliphatic rings. The maximum atomic E-state index is 10.8. The molecule has 0 heterocycles. The van der Waals surface area contributed by atoms with Crippen LogP contribution in [0.4, 0.5) is 0 Å². The molecule has 4 heteroatoms. The lowest BCUT2D eigenvalue weighted by molar-refractivity contribution is -0.134. The highest BCUT2D eigenvalue weighted by molar-refractivity contribution is 9.06. The minimum absolute atomic E-state index is 0.0835. The van der Waals surface area contributed by atoms with E-state index < -0.39 is 12.1 Å². The van der Waals surface area contributed by atoms with E-state index in [-0.39, 0.29) is 6.42 Å². The van der Waals surface area contributed by atoms with E-state index in [1.807, 2.05) is 0 Å². The summed E-state index contributed by atoms with van der Waals surface area (Å²) in [7, 11) is 0. The molecule has 90 valence electrons. The maximum absolute atomic E-state index is 10.8. The molecule has 0 fully saturated rings. The van der Waals surface area contributed by atoms with E-state index in [1.54, 1.807) is 0 Å². The Morgan fingerprint density at radius 3 is 2.47 bits per heavy atom. The zero-order chi connectivity index (χ0) is 11.5. The number of aliphatic hydroxyl groups excluding tert-OH is 1. The first kappa shape index (κ1) is 14.9. The van der Waals surface area contributed by atoms with E-state index in [2.05, 4.69) is 27.0 Å². The molecule has 0 aromatic carbocycles. The maximum Gasteiger partial charge on any atom is 0.319 e. The number of carbonyl (C=O) groups is 1. The molecule has 3 nitrogen and oxygen atoms in total. The highest BCUT2D eigenvalue weighted by Crippen LogP contribution is 2.10. The molecule has 0 aliphatic heterocycles. The van der Waals surface area contributed by atoms with Crippen molar-refractivity contribution in [2.24, 2.45) is 0 Å². The second-order valence-electron chi connectivity index (χ2n) is 3.86. The van der Waals surface area contributed by atoms with Crippen LogP contribution in [0.1, 0.15) is 58.3 Å². The van der Waals surface area contributed by atoms with Gasteiger partial charge in [-0.2, -0.15) is 0 Å². The van der Waals surface area contributed by atoms with Crippen molar-refractivity contribution in [1.29, 1.82) is 0 Å². The minimum Gasteiger partial charge on any atom is -0.393 e. The largest absolute Gasteiger partial charge is 0.393 e. The number of aliphatic hydroxyl groups is 1. The zero-order valence-corrected chi connectivity index (χ0v) is 11.0. The van der Waals surface area contributed by atoms with Gasteiger partial charge in [0.15, 0.2) is 16.3 Å². The number of hydrogen-bond acceptors (Lipinski definition) is 3. The van der Waals surface area contributed by atoms with Crippen LogP contribution in [-0.4, -0.2) is 17.2 Å². The smallest absolute Gasteiger partial charge is 0.319 e. The number of rotatable bonds is 9. The second-order valence-corrected chi connectivity index (χ2v) is 4.19. The average molecular weight is 281 g/mol. The normalized spacial score (nSPS) is 12.5. The summed E-state index contributed by atoms with van der Waals surface area (Å²) in [4.78, 5) is 10.8. The molecule has 0 rings (SSSR count). The van der Waals surface area contributed by atoms with Gasteiger partial charge in [-0.05, 0) is 6.42 Å². The molecule has 15 heavy (non-hydrogen) atoms. The summed E-state index contributed by atoms with van der Waals surface area (Å²) < 4.78 is 4.29. The Balaban J connectivity index is 3.23. The van der Waals surface area contributed by atoms with Crippen LogP contribution in [0.15, 0.2) is 0 Å². The quantitative estimate of drug-likeness (QED) is 0.659. The first-order chi connectivity index (χ1) is 7.20. The molecule has 1 unspecified atom stereocenters. The SMILES string of the molecule is CCCCCCCCC(O)CC(=O)OBr. The predicted octanol–water partition coefficient (Wildman–Crippen LogP) is 3.34. The van der Waals surface area contributed by atoms with E-state index in [9.17, 15) is 9.90 Å². The van der Waals surface area contributed by atoms with Gasteiger partial charge >= 0.3 is 5.97 Å². The summed E-state index contributed by atoms with van der Waals surface area (Å²) in [6.45, 7) is 2.19. The fourth-order valence-electron chi connectivity index (χ4n) is 1.49. The van der Waals surface area contributed by atoms with Gasteiger partial charge in [0.05, 0.1) is 12.5 Å². The summed E-state index contributed by atoms with van der Waals surface area (Å²) >= 11 is 2.59. The second kappa shape index (κ2) is 10.4. The molecule has 0 spiro atoms. The predicted molar refractivity (Wildman–Crippen MR) is 63.6 cm³/mol. The number of hydrogen-bond donors (Lipinski definition) is 1. The van der Waals surface area contributed by atoms with Crippen molar-refractivity contribution < 1.29 is 13.7 Å². The van der Waals surface area contributed by atoms with Crippen molar-refractivity contribution in [3.05, 3.63) is 0 Å². The van der Waals surface area contributed by atoms with Crippen LogP contribution in [0, 0.1) is 0 Å². The van der Waals surface area contributed by atoms with Crippen LogP contribution in [0.25, 0.3) is 0 Å². The molecule has 0 aromatic rings. The van der Waals surface area contributed by atoms with E-state index >= 15 is 0 Å². The summed E-state index contributed by atoms with van der Waals surface area (Å²) in [6.07, 6.45) is 7.38. The topological polar surface area (TPSA) is 46.5 Å². The fourth-order valence-corrected chi connectivity index (χ4v) is 1.62. The first-order valence-corrected chi connectivity index (χ1v) is 6.35. The molecule has 0 radical (unpaired) electrons. The van der Waals surface area contributed by atoms with Gasteiger partial charge in [0, 0.05) is 0 Å². The van der Waals surface area contributed by atoms with Gasteiger partial charge in [-0.1, -0.05) is 45.4 Å². The fraction of sp³-hybridized carbons (Fsp3) is 0.909. The van der Waals surface area contributed by atoms with Crippen LogP contribution in [0.3, 0.4) is 0 Å². The first-order valence-electron chi connectivity index (χ1n) is 5.70. The van der Waals surface area contributed by atoms with Crippen molar-refractivity contribution in [2.45, 2.75) is 64.4 Å². The van der Waals surface area contributed by atoms with Crippen molar-refractivity contribution in [3.63, 3.8) is 0 Å². The minimum atomic E-state index is -0.554. The van der Waals surface area contributed by atoms with Crippen LogP contribution in [0.5, 0.6) is 0 Å². The van der Waals surface area contributed by atoms with E-state index in [0.29, 0.717) is 6.42 Å². The number of unbranched alkanes of at least 4 members (excludes halogenated alkanes) is 5. The van der Waals surface area contributed by atoms with E-state index in [0.717, 1.165) is 12.8 Å². The molecule has 0 amide bonds.